The Kier molecular flexibility index (Phi) is 6.18. The van der Waals surface area contributed by atoms with Crippen LogP contribution in [0, 0.1) is 12.8 Å². The van der Waals surface area contributed by atoms with Crippen LogP contribution < -0.4 is 11.1 Å². The number of aryl methyl sites for hydroxylation is 1. The minimum atomic E-state index is -0.155. The van der Waals surface area contributed by atoms with Crippen LogP contribution in [0.5, 0.6) is 0 Å². The molecule has 5 nitrogen and oxygen atoms in total. The zero-order valence-electron chi connectivity index (χ0n) is 13.6. The number of carbonyl (C=O) groups excluding carboxylic acids is 2. The van der Waals surface area contributed by atoms with Crippen molar-refractivity contribution in [3.05, 3.63) is 33.8 Å². The van der Waals surface area contributed by atoms with Gasteiger partial charge in [0.25, 0.3) is 5.91 Å². The molecule has 1 aliphatic rings. The van der Waals surface area contributed by atoms with Gasteiger partial charge in [0.15, 0.2) is 0 Å². The monoisotopic (exact) mass is 381 g/mol. The second-order valence-electron chi connectivity index (χ2n) is 6.19. The van der Waals surface area contributed by atoms with Gasteiger partial charge >= 0.3 is 0 Å². The van der Waals surface area contributed by atoms with E-state index >= 15 is 0 Å². The van der Waals surface area contributed by atoms with E-state index in [1.807, 2.05) is 32.0 Å². The molecule has 0 radical (unpaired) electrons. The maximum absolute atomic E-state index is 12.7. The van der Waals surface area contributed by atoms with Crippen LogP contribution in [0.25, 0.3) is 0 Å². The number of benzene rings is 1. The van der Waals surface area contributed by atoms with E-state index in [0.29, 0.717) is 25.2 Å². The summed E-state index contributed by atoms with van der Waals surface area (Å²) < 4.78 is 0.957. The molecule has 126 valence electrons. The van der Waals surface area contributed by atoms with E-state index in [0.717, 1.165) is 22.9 Å². The molecular formula is C17H24BrN3O2. The largest absolute Gasteiger partial charge is 0.352 e. The molecule has 1 aliphatic heterocycles. The molecule has 0 aliphatic carbocycles. The molecule has 2 rings (SSSR count). The Morgan fingerprint density at radius 2 is 2.22 bits per heavy atom. The molecule has 2 amide bonds. The molecule has 1 saturated heterocycles. The Morgan fingerprint density at radius 1 is 1.48 bits per heavy atom. The minimum Gasteiger partial charge on any atom is -0.352 e. The van der Waals surface area contributed by atoms with Crippen LogP contribution >= 0.6 is 15.9 Å². The second-order valence-corrected chi connectivity index (χ2v) is 7.11. The van der Waals surface area contributed by atoms with E-state index in [9.17, 15) is 9.59 Å². The number of likely N-dealkylation sites (tertiary alicyclic amines) is 1. The molecule has 1 aromatic carbocycles. The minimum absolute atomic E-state index is 0.000580. The molecule has 1 fully saturated rings. The fourth-order valence-corrected chi connectivity index (χ4v) is 3.31. The topological polar surface area (TPSA) is 75.4 Å². The molecule has 0 bridgehead atoms. The van der Waals surface area contributed by atoms with Crippen molar-refractivity contribution in [1.29, 1.82) is 0 Å². The van der Waals surface area contributed by atoms with Crippen molar-refractivity contribution in [2.45, 2.75) is 32.7 Å². The highest BCUT2D eigenvalue weighted by molar-refractivity contribution is 9.10. The van der Waals surface area contributed by atoms with Crippen LogP contribution in [0.15, 0.2) is 22.7 Å². The highest BCUT2D eigenvalue weighted by Crippen LogP contribution is 2.22. The molecule has 23 heavy (non-hydrogen) atoms. The van der Waals surface area contributed by atoms with Crippen LogP contribution in [0.2, 0.25) is 0 Å². The third-order valence-electron chi connectivity index (χ3n) is 4.24. The SMILES string of the molecule is Cc1cc(Br)ccc1C(=O)N1CCCC(C(=O)N[C@@H](C)CN)C1. The van der Waals surface area contributed by atoms with Gasteiger partial charge in [0.05, 0.1) is 5.92 Å². The van der Waals surface area contributed by atoms with Crippen molar-refractivity contribution >= 4 is 27.7 Å². The molecule has 2 atom stereocenters. The van der Waals surface area contributed by atoms with Gasteiger partial charge in [-0.25, -0.2) is 0 Å². The quantitative estimate of drug-likeness (QED) is 0.837. The van der Waals surface area contributed by atoms with Gasteiger partial charge in [-0.15, -0.1) is 0 Å². The predicted octanol–water partition coefficient (Wildman–Crippen LogP) is 2.07. The number of nitrogens with zero attached hydrogens (tertiary/aromatic N) is 1. The molecule has 1 unspecified atom stereocenters. The smallest absolute Gasteiger partial charge is 0.254 e. The lowest BCUT2D eigenvalue weighted by Gasteiger charge is -2.33. The van der Waals surface area contributed by atoms with Crippen molar-refractivity contribution in [2.24, 2.45) is 11.7 Å². The Balaban J connectivity index is 2.05. The first-order valence-corrected chi connectivity index (χ1v) is 8.77. The van der Waals surface area contributed by atoms with Crippen LogP contribution in [0.3, 0.4) is 0 Å². The first kappa shape index (κ1) is 17.9. The average Bonchev–Trinajstić information content (AvgIpc) is 2.54. The fourth-order valence-electron chi connectivity index (χ4n) is 2.83. The number of piperidine rings is 1. The zero-order chi connectivity index (χ0) is 17.0. The Hall–Kier alpha value is -1.40. The molecule has 3 N–H and O–H groups in total. The van der Waals surface area contributed by atoms with Crippen molar-refractivity contribution < 1.29 is 9.59 Å². The van der Waals surface area contributed by atoms with E-state index in [-0.39, 0.29) is 23.8 Å². The predicted molar refractivity (Wildman–Crippen MR) is 94.2 cm³/mol. The Labute approximate surface area is 145 Å². The normalized spacial score (nSPS) is 19.3. The zero-order valence-corrected chi connectivity index (χ0v) is 15.2. The number of nitrogens with one attached hydrogen (secondary N) is 1. The van der Waals surface area contributed by atoms with E-state index in [2.05, 4.69) is 21.2 Å². The number of carbonyl (C=O) groups is 2. The standard InChI is InChI=1S/C17H24BrN3O2/c1-11-8-14(18)5-6-15(11)17(23)21-7-3-4-13(10-21)16(22)20-12(2)9-19/h5-6,8,12-13H,3-4,7,9-10,19H2,1-2H3,(H,20,22)/t12-,13?/m0/s1. The summed E-state index contributed by atoms with van der Waals surface area (Å²) in [6, 6.07) is 5.60. The lowest BCUT2D eigenvalue weighted by Crippen LogP contribution is -2.48. The Bertz CT molecular complexity index is 591. The molecule has 0 saturated carbocycles. The van der Waals surface area contributed by atoms with Gasteiger partial charge in [-0.1, -0.05) is 15.9 Å². The summed E-state index contributed by atoms with van der Waals surface area (Å²) in [6.07, 6.45) is 1.66. The summed E-state index contributed by atoms with van der Waals surface area (Å²) in [4.78, 5) is 26.8. The average molecular weight is 382 g/mol. The van der Waals surface area contributed by atoms with Crippen molar-refractivity contribution in [2.75, 3.05) is 19.6 Å². The summed E-state index contributed by atoms with van der Waals surface area (Å²) in [5.41, 5.74) is 7.18. The molecule has 6 heteroatoms. The van der Waals surface area contributed by atoms with Crippen LogP contribution in [0.4, 0.5) is 0 Å². The number of rotatable bonds is 4. The number of halogens is 1. The number of hydrogen-bond acceptors (Lipinski definition) is 3. The number of nitrogens with two attached hydrogens (primary N) is 1. The summed E-state index contributed by atoms with van der Waals surface area (Å²) in [7, 11) is 0. The lowest BCUT2D eigenvalue weighted by molar-refractivity contribution is -0.126. The summed E-state index contributed by atoms with van der Waals surface area (Å²) in [5.74, 6) is -0.162. The summed E-state index contributed by atoms with van der Waals surface area (Å²) in [6.45, 7) is 5.39. The third-order valence-corrected chi connectivity index (χ3v) is 4.73. The van der Waals surface area contributed by atoms with E-state index in [1.165, 1.54) is 0 Å². The molecular weight excluding hydrogens is 358 g/mol. The molecule has 0 spiro atoms. The van der Waals surface area contributed by atoms with Crippen molar-refractivity contribution in [3.63, 3.8) is 0 Å². The van der Waals surface area contributed by atoms with Crippen LogP contribution in [-0.4, -0.2) is 42.4 Å². The van der Waals surface area contributed by atoms with Gasteiger partial charge in [0.2, 0.25) is 5.91 Å². The van der Waals surface area contributed by atoms with Gasteiger partial charge in [-0.2, -0.15) is 0 Å². The highest BCUT2D eigenvalue weighted by atomic mass is 79.9. The van der Waals surface area contributed by atoms with Crippen LogP contribution in [-0.2, 0) is 4.79 Å². The summed E-state index contributed by atoms with van der Waals surface area (Å²) >= 11 is 3.41. The fraction of sp³-hybridized carbons (Fsp3) is 0.529. The van der Waals surface area contributed by atoms with E-state index in [1.54, 1.807) is 4.90 Å². The lowest BCUT2D eigenvalue weighted by atomic mass is 9.95. The maximum Gasteiger partial charge on any atom is 0.254 e. The summed E-state index contributed by atoms with van der Waals surface area (Å²) in [5, 5.41) is 2.91. The molecule has 1 aromatic rings. The van der Waals surface area contributed by atoms with Gasteiger partial charge in [0, 0.05) is 35.7 Å². The van der Waals surface area contributed by atoms with E-state index < -0.39 is 0 Å². The second kappa shape index (κ2) is 7.93. The van der Waals surface area contributed by atoms with E-state index in [4.69, 9.17) is 5.73 Å². The van der Waals surface area contributed by atoms with Crippen molar-refractivity contribution in [1.82, 2.24) is 10.2 Å². The first-order chi connectivity index (χ1) is 10.9. The van der Waals surface area contributed by atoms with Gasteiger partial charge in [-0.05, 0) is 50.5 Å². The first-order valence-electron chi connectivity index (χ1n) is 7.98. The molecule has 0 aromatic heterocycles. The van der Waals surface area contributed by atoms with Gasteiger partial charge in [-0.3, -0.25) is 9.59 Å². The van der Waals surface area contributed by atoms with Crippen molar-refractivity contribution in [3.8, 4) is 0 Å². The molecule has 1 heterocycles. The van der Waals surface area contributed by atoms with Crippen LogP contribution in [0.1, 0.15) is 35.7 Å². The number of amides is 2. The third kappa shape index (κ3) is 4.54. The highest BCUT2D eigenvalue weighted by Gasteiger charge is 2.29. The Morgan fingerprint density at radius 3 is 2.87 bits per heavy atom. The van der Waals surface area contributed by atoms with Gasteiger partial charge < -0.3 is 16.0 Å². The number of hydrogen-bond donors (Lipinski definition) is 2. The maximum atomic E-state index is 12.7. The van der Waals surface area contributed by atoms with Gasteiger partial charge in [0.1, 0.15) is 0 Å².